The van der Waals surface area contributed by atoms with Gasteiger partial charge in [0.05, 0.1) is 0 Å². The standard InChI is InChI=1S/C20H25N3O/c1-20(2)14-23(13-16(20)15-9-6-5-7-10-15)18-12-8-11-17(21-18)19(24)22(3)4/h5-12,16H,13-14H2,1-4H3. The lowest BCUT2D eigenvalue weighted by Crippen LogP contribution is -2.26. The summed E-state index contributed by atoms with van der Waals surface area (Å²) in [5.41, 5.74) is 2.02. The Labute approximate surface area is 144 Å². The average molecular weight is 323 g/mol. The van der Waals surface area contributed by atoms with Crippen molar-refractivity contribution in [3.8, 4) is 0 Å². The van der Waals surface area contributed by atoms with Gasteiger partial charge in [-0.25, -0.2) is 4.98 Å². The first-order valence-corrected chi connectivity index (χ1v) is 8.37. The van der Waals surface area contributed by atoms with Crippen molar-refractivity contribution >= 4 is 11.7 Å². The maximum atomic E-state index is 12.2. The minimum Gasteiger partial charge on any atom is -0.355 e. The van der Waals surface area contributed by atoms with E-state index in [1.165, 1.54) is 5.56 Å². The Bertz CT molecular complexity index is 725. The van der Waals surface area contributed by atoms with E-state index in [0.717, 1.165) is 18.9 Å². The number of anilines is 1. The lowest BCUT2D eigenvalue weighted by molar-refractivity contribution is 0.0822. The molecule has 1 amide bonds. The minimum absolute atomic E-state index is 0.0603. The summed E-state index contributed by atoms with van der Waals surface area (Å²) >= 11 is 0. The summed E-state index contributed by atoms with van der Waals surface area (Å²) in [6, 6.07) is 16.4. The molecule has 4 heteroatoms. The van der Waals surface area contributed by atoms with Crippen LogP contribution < -0.4 is 4.90 Å². The van der Waals surface area contributed by atoms with Crippen LogP contribution in [0.4, 0.5) is 5.82 Å². The Morgan fingerprint density at radius 2 is 1.83 bits per heavy atom. The summed E-state index contributed by atoms with van der Waals surface area (Å²) in [7, 11) is 3.50. The SMILES string of the molecule is CN(C)C(=O)c1cccc(N2CC(c3ccccc3)C(C)(C)C2)n1. The topological polar surface area (TPSA) is 36.4 Å². The van der Waals surface area contributed by atoms with Crippen LogP contribution in [-0.2, 0) is 0 Å². The number of rotatable bonds is 3. The lowest BCUT2D eigenvalue weighted by Gasteiger charge is -2.25. The summed E-state index contributed by atoms with van der Waals surface area (Å²) in [6.45, 7) is 6.46. The molecule has 1 unspecified atom stereocenters. The molecule has 2 aromatic rings. The molecule has 1 atom stereocenters. The van der Waals surface area contributed by atoms with E-state index in [-0.39, 0.29) is 11.3 Å². The van der Waals surface area contributed by atoms with Gasteiger partial charge in [0, 0.05) is 33.1 Å². The molecule has 0 spiro atoms. The van der Waals surface area contributed by atoms with Gasteiger partial charge in [-0.05, 0) is 23.1 Å². The van der Waals surface area contributed by atoms with Gasteiger partial charge in [-0.2, -0.15) is 0 Å². The molecule has 1 saturated heterocycles. The zero-order chi connectivity index (χ0) is 17.3. The molecule has 1 aliphatic heterocycles. The Balaban J connectivity index is 1.87. The van der Waals surface area contributed by atoms with Gasteiger partial charge < -0.3 is 9.80 Å². The summed E-state index contributed by atoms with van der Waals surface area (Å²) in [6.07, 6.45) is 0. The monoisotopic (exact) mass is 323 g/mol. The van der Waals surface area contributed by atoms with E-state index in [2.05, 4.69) is 54.1 Å². The first kappa shape index (κ1) is 16.5. The molecule has 0 saturated carbocycles. The fraction of sp³-hybridized carbons (Fsp3) is 0.400. The zero-order valence-electron chi connectivity index (χ0n) is 14.9. The molecule has 4 nitrogen and oxygen atoms in total. The number of pyridine rings is 1. The molecular formula is C20H25N3O. The highest BCUT2D eigenvalue weighted by Crippen LogP contribution is 2.43. The summed E-state index contributed by atoms with van der Waals surface area (Å²) in [5, 5.41) is 0. The molecule has 126 valence electrons. The van der Waals surface area contributed by atoms with Crippen molar-refractivity contribution in [2.45, 2.75) is 19.8 Å². The van der Waals surface area contributed by atoms with Crippen molar-refractivity contribution in [2.24, 2.45) is 5.41 Å². The van der Waals surface area contributed by atoms with Crippen molar-refractivity contribution in [1.82, 2.24) is 9.88 Å². The van der Waals surface area contributed by atoms with Crippen molar-refractivity contribution < 1.29 is 4.79 Å². The number of carbonyl (C=O) groups is 1. The van der Waals surface area contributed by atoms with Gasteiger partial charge in [-0.1, -0.05) is 50.2 Å². The third-order valence-electron chi connectivity index (χ3n) is 4.83. The van der Waals surface area contributed by atoms with Gasteiger partial charge >= 0.3 is 0 Å². The maximum Gasteiger partial charge on any atom is 0.272 e. The molecule has 0 N–H and O–H groups in total. The third kappa shape index (κ3) is 3.14. The molecule has 0 bridgehead atoms. The summed E-state index contributed by atoms with van der Waals surface area (Å²) in [5.74, 6) is 1.28. The van der Waals surface area contributed by atoms with E-state index in [9.17, 15) is 4.79 Å². The second-order valence-corrected chi connectivity index (χ2v) is 7.41. The van der Waals surface area contributed by atoms with Crippen molar-refractivity contribution in [2.75, 3.05) is 32.1 Å². The predicted octanol–water partition coefficient (Wildman–Crippen LogP) is 3.41. The van der Waals surface area contributed by atoms with Gasteiger partial charge in [-0.15, -0.1) is 0 Å². The van der Waals surface area contributed by atoms with Crippen molar-refractivity contribution in [3.05, 3.63) is 59.8 Å². The predicted molar refractivity (Wildman–Crippen MR) is 97.4 cm³/mol. The van der Waals surface area contributed by atoms with E-state index in [0.29, 0.717) is 11.6 Å². The highest BCUT2D eigenvalue weighted by atomic mass is 16.2. The molecular weight excluding hydrogens is 298 g/mol. The second kappa shape index (κ2) is 6.27. The van der Waals surface area contributed by atoms with Crippen molar-refractivity contribution in [3.63, 3.8) is 0 Å². The van der Waals surface area contributed by atoms with Crippen LogP contribution in [0.1, 0.15) is 35.8 Å². The molecule has 24 heavy (non-hydrogen) atoms. The van der Waals surface area contributed by atoms with E-state index in [1.807, 2.05) is 12.1 Å². The molecule has 1 aromatic carbocycles. The van der Waals surface area contributed by atoms with Crippen LogP contribution >= 0.6 is 0 Å². The number of aromatic nitrogens is 1. The Morgan fingerprint density at radius 3 is 2.50 bits per heavy atom. The van der Waals surface area contributed by atoms with Gasteiger partial charge in [0.2, 0.25) is 0 Å². The number of hydrogen-bond acceptors (Lipinski definition) is 3. The Hall–Kier alpha value is -2.36. The number of amides is 1. The fourth-order valence-electron chi connectivity index (χ4n) is 3.50. The highest BCUT2D eigenvalue weighted by Gasteiger charge is 2.40. The maximum absolute atomic E-state index is 12.2. The molecule has 0 aliphatic carbocycles. The van der Waals surface area contributed by atoms with Gasteiger partial charge in [-0.3, -0.25) is 4.79 Å². The largest absolute Gasteiger partial charge is 0.355 e. The molecule has 1 fully saturated rings. The van der Waals surface area contributed by atoms with Crippen molar-refractivity contribution in [1.29, 1.82) is 0 Å². The number of benzene rings is 1. The van der Waals surface area contributed by atoms with Crippen LogP contribution in [0.5, 0.6) is 0 Å². The number of carbonyl (C=O) groups excluding carboxylic acids is 1. The summed E-state index contributed by atoms with van der Waals surface area (Å²) < 4.78 is 0. The first-order chi connectivity index (χ1) is 11.4. The van der Waals surface area contributed by atoms with E-state index < -0.39 is 0 Å². The molecule has 0 radical (unpaired) electrons. The lowest BCUT2D eigenvalue weighted by atomic mass is 9.78. The van der Waals surface area contributed by atoms with Gasteiger partial charge in [0.25, 0.3) is 5.91 Å². The first-order valence-electron chi connectivity index (χ1n) is 8.37. The average Bonchev–Trinajstić information content (AvgIpc) is 2.90. The van der Waals surface area contributed by atoms with Crippen LogP contribution in [0.3, 0.4) is 0 Å². The molecule has 1 aliphatic rings. The smallest absolute Gasteiger partial charge is 0.272 e. The third-order valence-corrected chi connectivity index (χ3v) is 4.83. The van der Waals surface area contributed by atoms with Crippen LogP contribution in [0.25, 0.3) is 0 Å². The molecule has 1 aromatic heterocycles. The second-order valence-electron chi connectivity index (χ2n) is 7.41. The van der Waals surface area contributed by atoms with Gasteiger partial charge in [0.15, 0.2) is 0 Å². The van der Waals surface area contributed by atoms with Crippen LogP contribution in [0, 0.1) is 5.41 Å². The zero-order valence-corrected chi connectivity index (χ0v) is 14.9. The Kier molecular flexibility index (Phi) is 4.31. The Morgan fingerprint density at radius 1 is 1.12 bits per heavy atom. The van der Waals surface area contributed by atoms with Crippen LogP contribution in [0.2, 0.25) is 0 Å². The van der Waals surface area contributed by atoms with Crippen LogP contribution in [0.15, 0.2) is 48.5 Å². The van der Waals surface area contributed by atoms with Crippen LogP contribution in [-0.4, -0.2) is 43.0 Å². The normalized spacial score (nSPS) is 19.3. The van der Waals surface area contributed by atoms with E-state index in [4.69, 9.17) is 0 Å². The highest BCUT2D eigenvalue weighted by molar-refractivity contribution is 5.92. The van der Waals surface area contributed by atoms with Gasteiger partial charge in [0.1, 0.15) is 11.5 Å². The molecule has 2 heterocycles. The number of hydrogen-bond donors (Lipinski definition) is 0. The molecule has 3 rings (SSSR count). The quantitative estimate of drug-likeness (QED) is 0.868. The van der Waals surface area contributed by atoms with E-state index >= 15 is 0 Å². The minimum atomic E-state index is -0.0603. The summed E-state index contributed by atoms with van der Waals surface area (Å²) in [4.78, 5) is 20.6. The van der Waals surface area contributed by atoms with E-state index in [1.54, 1.807) is 25.1 Å². The fourth-order valence-corrected chi connectivity index (χ4v) is 3.50. The number of nitrogens with zero attached hydrogens (tertiary/aromatic N) is 3.